The Morgan fingerprint density at radius 2 is 1.68 bits per heavy atom. The second-order valence-corrected chi connectivity index (χ2v) is 7.64. The second-order valence-electron chi connectivity index (χ2n) is 7.64. The summed E-state index contributed by atoms with van der Waals surface area (Å²) in [4.78, 5) is 17.8. The maximum Gasteiger partial charge on any atom is 0.226 e. The Labute approximate surface area is 132 Å². The topological polar surface area (TPSA) is 23.6 Å². The van der Waals surface area contributed by atoms with Crippen LogP contribution in [0.4, 0.5) is 0 Å². The molecule has 2 bridgehead atoms. The highest BCUT2D eigenvalue weighted by atomic mass is 16.2. The fraction of sp³-hybridized carbons (Fsp3) is 0.632. The Morgan fingerprint density at radius 1 is 0.955 bits per heavy atom. The number of amides is 1. The van der Waals surface area contributed by atoms with Crippen molar-refractivity contribution in [1.29, 1.82) is 0 Å². The molecule has 4 aliphatic heterocycles. The fourth-order valence-corrected chi connectivity index (χ4v) is 5.23. The molecule has 0 unspecified atom stereocenters. The van der Waals surface area contributed by atoms with Gasteiger partial charge in [-0.3, -0.25) is 9.69 Å². The van der Waals surface area contributed by atoms with Crippen molar-refractivity contribution in [1.82, 2.24) is 9.80 Å². The second kappa shape index (κ2) is 4.82. The van der Waals surface area contributed by atoms with Gasteiger partial charge < -0.3 is 4.90 Å². The third kappa shape index (κ3) is 1.88. The smallest absolute Gasteiger partial charge is 0.226 e. The average Bonchev–Trinajstić information content (AvgIpc) is 3.35. The lowest BCUT2D eigenvalue weighted by molar-refractivity contribution is -0.137. The summed E-state index contributed by atoms with van der Waals surface area (Å²) in [6.07, 6.45) is 4.82. The molecular formula is C19H24N2O. The van der Waals surface area contributed by atoms with Crippen molar-refractivity contribution in [3.8, 4) is 0 Å². The highest BCUT2D eigenvalue weighted by molar-refractivity contribution is 5.82. The summed E-state index contributed by atoms with van der Waals surface area (Å²) in [5, 5.41) is 0. The van der Waals surface area contributed by atoms with Crippen LogP contribution in [-0.4, -0.2) is 47.4 Å². The SMILES string of the molecule is O=C(C1CC1)N1C[C@@H](c2ccccc2)[C@@H]2[C@H]1C1CCN2CC1. The maximum atomic E-state index is 12.8. The number of fused-ring (bicyclic) bond motifs is 2. The molecule has 1 aromatic rings. The van der Waals surface area contributed by atoms with Crippen LogP contribution in [0.25, 0.3) is 0 Å². The summed E-state index contributed by atoms with van der Waals surface area (Å²) < 4.78 is 0. The van der Waals surface area contributed by atoms with Gasteiger partial charge in [0.15, 0.2) is 0 Å². The summed E-state index contributed by atoms with van der Waals surface area (Å²) in [5.41, 5.74) is 1.43. The lowest BCUT2D eigenvalue weighted by Gasteiger charge is -2.51. The van der Waals surface area contributed by atoms with Gasteiger partial charge in [-0.1, -0.05) is 30.3 Å². The molecule has 1 amide bonds. The average molecular weight is 296 g/mol. The van der Waals surface area contributed by atoms with E-state index >= 15 is 0 Å². The molecule has 5 aliphatic rings. The molecule has 6 rings (SSSR count). The van der Waals surface area contributed by atoms with Crippen molar-refractivity contribution >= 4 is 5.91 Å². The van der Waals surface area contributed by atoms with Crippen LogP contribution in [0.5, 0.6) is 0 Å². The lowest BCUT2D eigenvalue weighted by Crippen LogP contribution is -2.60. The van der Waals surface area contributed by atoms with Crippen LogP contribution < -0.4 is 0 Å². The Kier molecular flexibility index (Phi) is 2.88. The van der Waals surface area contributed by atoms with Gasteiger partial charge >= 0.3 is 0 Å². The van der Waals surface area contributed by atoms with E-state index < -0.39 is 0 Å². The summed E-state index contributed by atoms with van der Waals surface area (Å²) in [6.45, 7) is 3.42. The Bertz CT molecular complexity index is 574. The zero-order chi connectivity index (χ0) is 14.7. The van der Waals surface area contributed by atoms with Gasteiger partial charge in [0.25, 0.3) is 0 Å². The first-order valence-corrected chi connectivity index (χ1v) is 8.92. The van der Waals surface area contributed by atoms with Crippen molar-refractivity contribution in [2.75, 3.05) is 19.6 Å². The molecule has 4 heterocycles. The largest absolute Gasteiger partial charge is 0.337 e. The molecule has 116 valence electrons. The van der Waals surface area contributed by atoms with Gasteiger partial charge in [0.05, 0.1) is 6.04 Å². The predicted molar refractivity (Wildman–Crippen MR) is 85.5 cm³/mol. The van der Waals surface area contributed by atoms with Gasteiger partial charge in [0.2, 0.25) is 5.91 Å². The normalized spacial score (nSPS) is 39.8. The zero-order valence-electron chi connectivity index (χ0n) is 13.0. The summed E-state index contributed by atoms with van der Waals surface area (Å²) in [6, 6.07) is 12.0. The van der Waals surface area contributed by atoms with Crippen LogP contribution in [0.15, 0.2) is 30.3 Å². The quantitative estimate of drug-likeness (QED) is 0.837. The summed E-state index contributed by atoms with van der Waals surface area (Å²) in [5.74, 6) is 2.07. The van der Waals surface area contributed by atoms with E-state index in [0.29, 0.717) is 29.8 Å². The molecule has 4 saturated heterocycles. The molecule has 22 heavy (non-hydrogen) atoms. The standard InChI is InChI=1S/C19H24N2O/c22-19(15-6-7-15)21-12-16(13-4-2-1-3-5-13)18-17(21)14-8-10-20(18)11-9-14/h1-5,14-18H,6-12H2/t16-,17+,18+/m0/s1. The van der Waals surface area contributed by atoms with E-state index in [9.17, 15) is 4.79 Å². The minimum absolute atomic E-state index is 0.352. The van der Waals surface area contributed by atoms with Crippen molar-refractivity contribution in [3.63, 3.8) is 0 Å². The molecule has 0 aromatic heterocycles. The molecule has 0 radical (unpaired) electrons. The van der Waals surface area contributed by atoms with E-state index in [1.807, 2.05) is 0 Å². The number of benzene rings is 1. The Balaban J connectivity index is 1.52. The highest BCUT2D eigenvalue weighted by Gasteiger charge is 2.55. The molecule has 3 heteroatoms. The van der Waals surface area contributed by atoms with Gasteiger partial charge in [-0.15, -0.1) is 0 Å². The molecule has 5 fully saturated rings. The number of piperidine rings is 3. The Morgan fingerprint density at radius 3 is 2.36 bits per heavy atom. The van der Waals surface area contributed by atoms with Gasteiger partial charge in [-0.25, -0.2) is 0 Å². The molecule has 0 spiro atoms. The number of likely N-dealkylation sites (tertiary alicyclic amines) is 1. The first-order chi connectivity index (χ1) is 10.8. The monoisotopic (exact) mass is 296 g/mol. The van der Waals surface area contributed by atoms with Crippen LogP contribution in [0.3, 0.4) is 0 Å². The van der Waals surface area contributed by atoms with Crippen molar-refractivity contribution in [2.45, 2.75) is 43.7 Å². The van der Waals surface area contributed by atoms with Crippen LogP contribution in [-0.2, 0) is 4.79 Å². The van der Waals surface area contributed by atoms with E-state index in [1.54, 1.807) is 0 Å². The molecule has 1 aliphatic carbocycles. The van der Waals surface area contributed by atoms with Gasteiger partial charge in [0.1, 0.15) is 0 Å². The lowest BCUT2D eigenvalue weighted by atomic mass is 9.75. The minimum Gasteiger partial charge on any atom is -0.337 e. The number of rotatable bonds is 2. The van der Waals surface area contributed by atoms with Crippen LogP contribution in [0.2, 0.25) is 0 Å². The van der Waals surface area contributed by atoms with E-state index in [1.165, 1.54) is 31.5 Å². The number of carbonyl (C=O) groups is 1. The third-order valence-electron chi connectivity index (χ3n) is 6.43. The highest BCUT2D eigenvalue weighted by Crippen LogP contribution is 2.48. The Hall–Kier alpha value is -1.35. The predicted octanol–water partition coefficient (Wildman–Crippen LogP) is 2.49. The van der Waals surface area contributed by atoms with Crippen molar-refractivity contribution in [2.24, 2.45) is 11.8 Å². The van der Waals surface area contributed by atoms with Crippen LogP contribution >= 0.6 is 0 Å². The van der Waals surface area contributed by atoms with E-state index in [4.69, 9.17) is 0 Å². The molecule has 3 nitrogen and oxygen atoms in total. The van der Waals surface area contributed by atoms with Crippen molar-refractivity contribution in [3.05, 3.63) is 35.9 Å². The van der Waals surface area contributed by atoms with Gasteiger partial charge in [0, 0.05) is 24.4 Å². The molecule has 0 N–H and O–H groups in total. The molecule has 1 saturated carbocycles. The number of nitrogens with zero attached hydrogens (tertiary/aromatic N) is 2. The number of hydrogen-bond acceptors (Lipinski definition) is 2. The van der Waals surface area contributed by atoms with E-state index in [2.05, 4.69) is 40.1 Å². The van der Waals surface area contributed by atoms with Crippen LogP contribution in [0.1, 0.15) is 37.2 Å². The first kappa shape index (κ1) is 13.1. The third-order valence-corrected chi connectivity index (χ3v) is 6.43. The first-order valence-electron chi connectivity index (χ1n) is 8.92. The zero-order valence-corrected chi connectivity index (χ0v) is 13.0. The number of hydrogen-bond donors (Lipinski definition) is 0. The molecule has 1 aromatic carbocycles. The molecular weight excluding hydrogens is 272 g/mol. The number of carbonyl (C=O) groups excluding carboxylic acids is 1. The van der Waals surface area contributed by atoms with Gasteiger partial charge in [-0.2, -0.15) is 0 Å². The van der Waals surface area contributed by atoms with Gasteiger partial charge in [-0.05, 0) is 50.3 Å². The molecule has 3 atom stereocenters. The maximum absolute atomic E-state index is 12.8. The summed E-state index contributed by atoms with van der Waals surface area (Å²) in [7, 11) is 0. The van der Waals surface area contributed by atoms with Crippen molar-refractivity contribution < 1.29 is 4.79 Å². The fourth-order valence-electron chi connectivity index (χ4n) is 5.23. The van der Waals surface area contributed by atoms with E-state index in [-0.39, 0.29) is 0 Å². The van der Waals surface area contributed by atoms with Crippen LogP contribution in [0, 0.1) is 11.8 Å². The minimum atomic E-state index is 0.352. The summed E-state index contributed by atoms with van der Waals surface area (Å²) >= 11 is 0. The van der Waals surface area contributed by atoms with E-state index in [0.717, 1.165) is 25.3 Å².